The number of ether oxygens (including phenoxy) is 1. The SMILES string of the molecule is CCC(=O)ON[C@@H](Cc1ccccc1)C(=O)O[C@H]1CC[C@]2(C)[C@H]3CC[C@]4(C)[C@@H]([C@H](C)CCCC(C)C)CC[C@H]4[C@@H]3C[C@@H](NCCc3c[nH]cn3)[C@@]2(O)C1. The van der Waals surface area contributed by atoms with Crippen LogP contribution in [0.3, 0.4) is 0 Å². The molecule has 294 valence electrons. The number of carbonyl (C=O) groups excluding carboxylic acids is 2. The zero-order chi connectivity index (χ0) is 37.8. The van der Waals surface area contributed by atoms with Gasteiger partial charge in [-0.2, -0.15) is 0 Å². The van der Waals surface area contributed by atoms with Gasteiger partial charge in [0, 0.05) is 49.9 Å². The van der Waals surface area contributed by atoms with E-state index in [9.17, 15) is 14.7 Å². The first-order chi connectivity index (χ1) is 25.4. The molecule has 4 aliphatic rings. The highest BCUT2D eigenvalue weighted by Gasteiger charge is 2.68. The van der Waals surface area contributed by atoms with Crippen LogP contribution in [0.2, 0.25) is 0 Å². The van der Waals surface area contributed by atoms with Gasteiger partial charge in [-0.25, -0.2) is 4.98 Å². The predicted molar refractivity (Wildman–Crippen MR) is 207 cm³/mol. The number of hydroxylamine groups is 1. The van der Waals surface area contributed by atoms with Crippen molar-refractivity contribution in [3.05, 3.63) is 54.1 Å². The van der Waals surface area contributed by atoms with Gasteiger partial charge >= 0.3 is 11.9 Å². The van der Waals surface area contributed by atoms with Gasteiger partial charge < -0.3 is 25.0 Å². The first kappa shape index (κ1) is 39.9. The maximum absolute atomic E-state index is 13.8. The average molecular weight is 733 g/mol. The number of hydrogen-bond acceptors (Lipinski definition) is 8. The van der Waals surface area contributed by atoms with E-state index in [1.165, 1.54) is 38.5 Å². The van der Waals surface area contributed by atoms with Crippen LogP contribution in [0.25, 0.3) is 0 Å². The average Bonchev–Trinajstić information content (AvgIpc) is 3.78. The fourth-order valence-corrected chi connectivity index (χ4v) is 11.9. The van der Waals surface area contributed by atoms with Crippen molar-refractivity contribution in [1.29, 1.82) is 0 Å². The minimum atomic E-state index is -1.05. The van der Waals surface area contributed by atoms with Crippen molar-refractivity contribution >= 4 is 11.9 Å². The van der Waals surface area contributed by atoms with Crippen molar-refractivity contribution in [1.82, 2.24) is 20.8 Å². The Kier molecular flexibility index (Phi) is 12.8. The van der Waals surface area contributed by atoms with Crippen LogP contribution in [-0.4, -0.2) is 57.3 Å². The van der Waals surface area contributed by atoms with Gasteiger partial charge in [0.15, 0.2) is 0 Å². The molecule has 11 atom stereocenters. The van der Waals surface area contributed by atoms with Crippen LogP contribution in [0.1, 0.15) is 130 Å². The Hall–Kier alpha value is -2.75. The lowest BCUT2D eigenvalue weighted by Gasteiger charge is -2.66. The Balaban J connectivity index is 1.21. The van der Waals surface area contributed by atoms with Gasteiger partial charge in [0.05, 0.1) is 17.6 Å². The van der Waals surface area contributed by atoms with Crippen LogP contribution in [0.4, 0.5) is 0 Å². The first-order valence-corrected chi connectivity index (χ1v) is 21.0. The number of nitrogens with one attached hydrogen (secondary N) is 3. The molecular formula is C44H68N4O5. The van der Waals surface area contributed by atoms with Crippen molar-refractivity contribution in [3.63, 3.8) is 0 Å². The van der Waals surface area contributed by atoms with Crippen LogP contribution in [0.15, 0.2) is 42.9 Å². The lowest BCUT2D eigenvalue weighted by molar-refractivity contribution is -0.237. The van der Waals surface area contributed by atoms with E-state index in [0.717, 1.165) is 61.2 Å². The normalized spacial score (nSPS) is 34.8. The number of fused-ring (bicyclic) bond motifs is 5. The fraction of sp³-hybridized carbons (Fsp3) is 0.750. The van der Waals surface area contributed by atoms with Gasteiger partial charge in [-0.05, 0) is 91.4 Å². The van der Waals surface area contributed by atoms with E-state index in [-0.39, 0.29) is 17.9 Å². The number of imidazole rings is 1. The van der Waals surface area contributed by atoms with Gasteiger partial charge in [-0.1, -0.05) is 91.1 Å². The van der Waals surface area contributed by atoms with Crippen LogP contribution in [-0.2, 0) is 32.0 Å². The molecule has 9 heteroatoms. The monoisotopic (exact) mass is 733 g/mol. The van der Waals surface area contributed by atoms with E-state index in [1.807, 2.05) is 36.5 Å². The summed E-state index contributed by atoms with van der Waals surface area (Å²) in [6, 6.07) is 8.71. The molecule has 0 aliphatic heterocycles. The predicted octanol–water partition coefficient (Wildman–Crippen LogP) is 7.74. The van der Waals surface area contributed by atoms with Gasteiger partial charge in [0.1, 0.15) is 12.1 Å². The second-order valence-electron chi connectivity index (χ2n) is 18.3. The smallest absolute Gasteiger partial charge is 0.327 e. The zero-order valence-corrected chi connectivity index (χ0v) is 33.4. The van der Waals surface area contributed by atoms with E-state index in [4.69, 9.17) is 9.57 Å². The lowest BCUT2D eigenvalue weighted by Crippen LogP contribution is -2.71. The molecule has 0 saturated heterocycles. The molecule has 0 bridgehead atoms. The van der Waals surface area contributed by atoms with Gasteiger partial charge in [-0.3, -0.25) is 9.59 Å². The number of aromatic nitrogens is 2. The molecule has 9 nitrogen and oxygen atoms in total. The molecule has 4 saturated carbocycles. The number of esters is 1. The maximum atomic E-state index is 13.8. The molecule has 0 radical (unpaired) electrons. The number of hydrogen-bond donors (Lipinski definition) is 4. The number of rotatable bonds is 16. The molecule has 4 N–H and O–H groups in total. The van der Waals surface area contributed by atoms with Crippen LogP contribution >= 0.6 is 0 Å². The third-order valence-corrected chi connectivity index (χ3v) is 14.8. The topological polar surface area (TPSA) is 126 Å². The number of nitrogens with zero attached hydrogens (tertiary/aromatic N) is 1. The Bertz CT molecular complexity index is 1490. The Morgan fingerprint density at radius 3 is 2.55 bits per heavy atom. The highest BCUT2D eigenvalue weighted by molar-refractivity contribution is 5.77. The van der Waals surface area contributed by atoms with Crippen molar-refractivity contribution in [2.45, 2.75) is 155 Å². The van der Waals surface area contributed by atoms with E-state index >= 15 is 0 Å². The summed E-state index contributed by atoms with van der Waals surface area (Å²) in [6.07, 6.45) is 16.4. The quantitative estimate of drug-likeness (QED) is 0.102. The maximum Gasteiger partial charge on any atom is 0.327 e. The highest BCUT2D eigenvalue weighted by Crippen LogP contribution is 2.69. The van der Waals surface area contributed by atoms with Crippen molar-refractivity contribution < 1.29 is 24.3 Å². The first-order valence-electron chi connectivity index (χ1n) is 21.0. The second kappa shape index (κ2) is 16.9. The number of aliphatic hydroxyl groups is 1. The lowest BCUT2D eigenvalue weighted by atomic mass is 9.42. The molecule has 0 amide bonds. The minimum absolute atomic E-state index is 0.122. The standard InChI is InChI=1S/C44H68N4O5/c1-7-40(49)53-48-38(24-31-14-9-8-10-15-31)41(50)52-33-18-22-43(6)37-19-21-42(5)35(30(4)13-11-12-29(2)3)16-17-36(42)34(37)25-39(44(43,51)26-33)46-23-20-32-27-45-28-47-32/h8-10,14-15,27-30,33-39,46,48,51H,7,11-13,16-26H2,1-6H3,(H,45,47)/t30-,33+,34+,35-,36+,37+,38+,39-,42-,43-,44+/m1/s1. The number of carbonyl (C=O) groups is 2. The van der Waals surface area contributed by atoms with Gasteiger partial charge in [0.25, 0.3) is 0 Å². The molecule has 4 aliphatic carbocycles. The van der Waals surface area contributed by atoms with E-state index in [0.29, 0.717) is 42.4 Å². The molecule has 53 heavy (non-hydrogen) atoms. The summed E-state index contributed by atoms with van der Waals surface area (Å²) in [4.78, 5) is 38.7. The largest absolute Gasteiger partial charge is 0.461 e. The Morgan fingerprint density at radius 2 is 1.83 bits per heavy atom. The van der Waals surface area contributed by atoms with E-state index in [1.54, 1.807) is 13.3 Å². The molecule has 4 fully saturated rings. The molecule has 0 spiro atoms. The third-order valence-electron chi connectivity index (χ3n) is 14.8. The molecular weight excluding hydrogens is 665 g/mol. The number of benzene rings is 1. The second-order valence-corrected chi connectivity index (χ2v) is 18.3. The highest BCUT2D eigenvalue weighted by atomic mass is 16.7. The van der Waals surface area contributed by atoms with Gasteiger partial charge in [0.2, 0.25) is 0 Å². The summed E-state index contributed by atoms with van der Waals surface area (Å²) in [6.45, 7) is 14.6. The molecule has 0 unspecified atom stereocenters. The number of aromatic amines is 1. The summed E-state index contributed by atoms with van der Waals surface area (Å²) >= 11 is 0. The van der Waals surface area contributed by atoms with Crippen molar-refractivity contribution in [2.75, 3.05) is 6.54 Å². The Labute approximate surface area is 318 Å². The summed E-state index contributed by atoms with van der Waals surface area (Å²) in [5, 5.41) is 17.1. The summed E-state index contributed by atoms with van der Waals surface area (Å²) < 4.78 is 6.28. The van der Waals surface area contributed by atoms with Crippen LogP contribution in [0, 0.1) is 46.3 Å². The Morgan fingerprint density at radius 1 is 1.04 bits per heavy atom. The van der Waals surface area contributed by atoms with Crippen molar-refractivity contribution in [3.8, 4) is 0 Å². The fourth-order valence-electron chi connectivity index (χ4n) is 11.9. The molecule has 6 rings (SSSR count). The van der Waals surface area contributed by atoms with Crippen LogP contribution < -0.4 is 10.8 Å². The van der Waals surface area contributed by atoms with Gasteiger partial charge in [-0.15, -0.1) is 5.48 Å². The zero-order valence-electron chi connectivity index (χ0n) is 33.4. The third kappa shape index (κ3) is 8.42. The number of H-pyrrole nitrogens is 1. The summed E-state index contributed by atoms with van der Waals surface area (Å²) in [5.41, 5.74) is 3.66. The molecule has 2 aromatic rings. The molecule has 1 aromatic carbocycles. The van der Waals surface area contributed by atoms with E-state index in [2.05, 4.69) is 55.4 Å². The van der Waals surface area contributed by atoms with Crippen LogP contribution in [0.5, 0.6) is 0 Å². The summed E-state index contributed by atoms with van der Waals surface area (Å²) in [5.74, 6) is 3.04. The van der Waals surface area contributed by atoms with E-state index < -0.39 is 29.7 Å². The molecule has 1 aromatic heterocycles. The summed E-state index contributed by atoms with van der Waals surface area (Å²) in [7, 11) is 0. The molecule has 1 heterocycles. The minimum Gasteiger partial charge on any atom is -0.461 e. The van der Waals surface area contributed by atoms with Crippen molar-refractivity contribution in [2.24, 2.45) is 46.3 Å².